The van der Waals surface area contributed by atoms with Crippen LogP contribution in [-0.2, 0) is 16.4 Å². The standard InChI is InChI=1S/C15H21N3O4S.ClH/c1-23(21,22)18-5-4-10-6-11(2-3-13(10)18)15(20)17-8-12-7-16-9-14(12)19;/h2-3,6,12,14,16,19H,4-5,7-9H2,1H3,(H,17,20);1H. The highest BCUT2D eigenvalue weighted by Crippen LogP contribution is 2.30. The second-order valence-corrected chi connectivity index (χ2v) is 8.03. The van der Waals surface area contributed by atoms with E-state index in [1.807, 2.05) is 0 Å². The number of carbonyl (C=O) groups is 1. The van der Waals surface area contributed by atoms with Crippen LogP contribution in [0.5, 0.6) is 0 Å². The average Bonchev–Trinajstić information content (AvgIpc) is 3.09. The number of benzene rings is 1. The first-order chi connectivity index (χ1) is 10.9. The van der Waals surface area contributed by atoms with Crippen LogP contribution in [0, 0.1) is 5.92 Å². The van der Waals surface area contributed by atoms with E-state index in [1.165, 1.54) is 10.6 Å². The van der Waals surface area contributed by atoms with E-state index in [4.69, 9.17) is 0 Å². The fourth-order valence-electron chi connectivity index (χ4n) is 3.11. The van der Waals surface area contributed by atoms with Gasteiger partial charge in [0.2, 0.25) is 10.0 Å². The van der Waals surface area contributed by atoms with E-state index < -0.39 is 16.1 Å². The van der Waals surface area contributed by atoms with Crippen molar-refractivity contribution in [2.75, 3.05) is 36.7 Å². The summed E-state index contributed by atoms with van der Waals surface area (Å²) in [4.78, 5) is 12.2. The number of hydrogen-bond acceptors (Lipinski definition) is 5. The molecule has 7 nitrogen and oxygen atoms in total. The van der Waals surface area contributed by atoms with Crippen molar-refractivity contribution >= 4 is 34.0 Å². The molecule has 1 aromatic carbocycles. The van der Waals surface area contributed by atoms with Crippen molar-refractivity contribution in [3.63, 3.8) is 0 Å². The number of halogens is 1. The van der Waals surface area contributed by atoms with Gasteiger partial charge in [0.25, 0.3) is 5.91 Å². The maximum atomic E-state index is 12.2. The van der Waals surface area contributed by atoms with Crippen LogP contribution in [0.3, 0.4) is 0 Å². The van der Waals surface area contributed by atoms with Gasteiger partial charge in [-0.15, -0.1) is 12.4 Å². The number of hydrogen-bond donors (Lipinski definition) is 3. The number of amides is 1. The zero-order valence-corrected chi connectivity index (χ0v) is 15.0. The molecule has 2 aliphatic rings. The summed E-state index contributed by atoms with van der Waals surface area (Å²) in [6, 6.07) is 5.07. The van der Waals surface area contributed by atoms with Crippen LogP contribution in [0.2, 0.25) is 0 Å². The molecule has 0 saturated carbocycles. The van der Waals surface area contributed by atoms with Crippen LogP contribution in [0.15, 0.2) is 18.2 Å². The fourth-order valence-corrected chi connectivity index (χ4v) is 4.07. The molecule has 3 rings (SSSR count). The fraction of sp³-hybridized carbons (Fsp3) is 0.533. The van der Waals surface area contributed by atoms with Crippen molar-refractivity contribution in [1.29, 1.82) is 0 Å². The van der Waals surface area contributed by atoms with E-state index in [0.717, 1.165) is 5.56 Å². The van der Waals surface area contributed by atoms with E-state index in [2.05, 4.69) is 10.6 Å². The minimum absolute atomic E-state index is 0. The van der Waals surface area contributed by atoms with Gasteiger partial charge in [0.05, 0.1) is 18.0 Å². The van der Waals surface area contributed by atoms with Crippen LogP contribution in [0.4, 0.5) is 5.69 Å². The normalized spacial score (nSPS) is 22.8. The quantitative estimate of drug-likeness (QED) is 0.673. The Kier molecular flexibility index (Phi) is 5.74. The largest absolute Gasteiger partial charge is 0.391 e. The Bertz CT molecular complexity index is 725. The number of fused-ring (bicyclic) bond motifs is 1. The van der Waals surface area contributed by atoms with Crippen LogP contribution < -0.4 is 14.9 Å². The number of sulfonamides is 1. The third-order valence-corrected chi connectivity index (χ3v) is 5.60. The molecule has 2 unspecified atom stereocenters. The minimum Gasteiger partial charge on any atom is -0.391 e. The number of anilines is 1. The Balaban J connectivity index is 0.00000208. The average molecular weight is 376 g/mol. The van der Waals surface area contributed by atoms with Crippen molar-refractivity contribution in [1.82, 2.24) is 10.6 Å². The molecule has 0 aliphatic carbocycles. The predicted octanol–water partition coefficient (Wildman–Crippen LogP) is -0.259. The van der Waals surface area contributed by atoms with Gasteiger partial charge in [-0.1, -0.05) is 0 Å². The van der Waals surface area contributed by atoms with Gasteiger partial charge >= 0.3 is 0 Å². The molecule has 1 amide bonds. The first-order valence-electron chi connectivity index (χ1n) is 7.64. The number of aliphatic hydroxyl groups excluding tert-OH is 1. The van der Waals surface area contributed by atoms with Crippen molar-refractivity contribution in [2.24, 2.45) is 5.92 Å². The first kappa shape index (κ1) is 19.0. The molecule has 2 aliphatic heterocycles. The van der Waals surface area contributed by atoms with E-state index in [1.54, 1.807) is 18.2 Å². The molecule has 2 atom stereocenters. The van der Waals surface area contributed by atoms with Crippen LogP contribution in [-0.4, -0.2) is 58.0 Å². The number of nitrogens with one attached hydrogen (secondary N) is 2. The Hall–Kier alpha value is -1.35. The highest BCUT2D eigenvalue weighted by Gasteiger charge is 2.28. The summed E-state index contributed by atoms with van der Waals surface area (Å²) in [5.41, 5.74) is 2.03. The molecular formula is C15H22ClN3O4S. The van der Waals surface area contributed by atoms with Crippen molar-refractivity contribution in [2.45, 2.75) is 12.5 Å². The highest BCUT2D eigenvalue weighted by atomic mass is 35.5. The lowest BCUT2D eigenvalue weighted by Crippen LogP contribution is -2.34. The highest BCUT2D eigenvalue weighted by molar-refractivity contribution is 7.92. The summed E-state index contributed by atoms with van der Waals surface area (Å²) < 4.78 is 24.8. The molecule has 1 aromatic rings. The number of carbonyl (C=O) groups excluding carboxylic acids is 1. The molecule has 0 bridgehead atoms. The zero-order chi connectivity index (χ0) is 16.6. The molecule has 0 spiro atoms. The maximum Gasteiger partial charge on any atom is 0.251 e. The lowest BCUT2D eigenvalue weighted by Gasteiger charge is -2.17. The molecule has 3 N–H and O–H groups in total. The molecule has 0 aromatic heterocycles. The van der Waals surface area contributed by atoms with E-state index in [0.29, 0.717) is 43.9 Å². The van der Waals surface area contributed by atoms with Crippen molar-refractivity contribution in [3.8, 4) is 0 Å². The lowest BCUT2D eigenvalue weighted by molar-refractivity contribution is 0.0927. The monoisotopic (exact) mass is 375 g/mol. The second kappa shape index (κ2) is 7.26. The number of rotatable bonds is 4. The Morgan fingerprint density at radius 3 is 2.79 bits per heavy atom. The number of β-amino-alcohol motifs (C(OH)–C–C–N with tert-alkyl or cyclic N) is 1. The Morgan fingerprint density at radius 2 is 2.17 bits per heavy atom. The van der Waals surface area contributed by atoms with Gasteiger partial charge in [0.15, 0.2) is 0 Å². The van der Waals surface area contributed by atoms with Gasteiger partial charge in [-0.25, -0.2) is 8.42 Å². The molecule has 1 saturated heterocycles. The Labute approximate surface area is 147 Å². The number of aliphatic hydroxyl groups is 1. The zero-order valence-electron chi connectivity index (χ0n) is 13.4. The Morgan fingerprint density at radius 1 is 1.42 bits per heavy atom. The summed E-state index contributed by atoms with van der Waals surface area (Å²) in [5, 5.41) is 15.6. The third kappa shape index (κ3) is 3.83. The van der Waals surface area contributed by atoms with Crippen LogP contribution in [0.1, 0.15) is 15.9 Å². The van der Waals surface area contributed by atoms with Crippen molar-refractivity contribution < 1.29 is 18.3 Å². The minimum atomic E-state index is -3.28. The summed E-state index contributed by atoms with van der Waals surface area (Å²) in [6.07, 6.45) is 1.36. The summed E-state index contributed by atoms with van der Waals surface area (Å²) in [5.74, 6) is -0.182. The molecular weight excluding hydrogens is 354 g/mol. The van der Waals surface area contributed by atoms with E-state index >= 15 is 0 Å². The predicted molar refractivity (Wildman–Crippen MR) is 94.3 cm³/mol. The summed E-state index contributed by atoms with van der Waals surface area (Å²) >= 11 is 0. The molecule has 24 heavy (non-hydrogen) atoms. The summed E-state index contributed by atoms with van der Waals surface area (Å²) in [6.45, 7) is 2.08. The van der Waals surface area contributed by atoms with Crippen LogP contribution >= 0.6 is 12.4 Å². The van der Waals surface area contributed by atoms with E-state index in [9.17, 15) is 18.3 Å². The van der Waals surface area contributed by atoms with Gasteiger partial charge in [0.1, 0.15) is 0 Å². The lowest BCUT2D eigenvalue weighted by atomic mass is 10.1. The third-order valence-electron chi connectivity index (χ3n) is 4.42. The van der Waals surface area contributed by atoms with Gasteiger partial charge in [-0.05, 0) is 30.2 Å². The molecule has 1 fully saturated rings. The van der Waals surface area contributed by atoms with Crippen LogP contribution in [0.25, 0.3) is 0 Å². The summed E-state index contributed by atoms with van der Waals surface area (Å²) in [7, 11) is -3.28. The first-order valence-corrected chi connectivity index (χ1v) is 9.48. The topological polar surface area (TPSA) is 98.7 Å². The van der Waals surface area contributed by atoms with E-state index in [-0.39, 0.29) is 24.2 Å². The van der Waals surface area contributed by atoms with Gasteiger partial charge in [-0.3, -0.25) is 9.10 Å². The molecule has 2 heterocycles. The number of nitrogens with zero attached hydrogens (tertiary/aromatic N) is 1. The van der Waals surface area contributed by atoms with Gasteiger partial charge in [0, 0.05) is 37.7 Å². The molecule has 0 radical (unpaired) electrons. The maximum absolute atomic E-state index is 12.2. The van der Waals surface area contributed by atoms with Gasteiger partial charge in [-0.2, -0.15) is 0 Å². The van der Waals surface area contributed by atoms with Gasteiger partial charge < -0.3 is 15.7 Å². The second-order valence-electron chi connectivity index (χ2n) is 6.12. The molecule has 9 heteroatoms. The molecule has 134 valence electrons. The SMILES string of the molecule is CS(=O)(=O)N1CCc2cc(C(=O)NCC3CNCC3O)ccc21.Cl. The van der Waals surface area contributed by atoms with Crippen molar-refractivity contribution in [3.05, 3.63) is 29.3 Å². The smallest absolute Gasteiger partial charge is 0.251 e.